The van der Waals surface area contributed by atoms with Crippen molar-refractivity contribution in [1.29, 1.82) is 0 Å². The number of benzene rings is 2. The highest BCUT2D eigenvalue weighted by molar-refractivity contribution is 6.07. The minimum absolute atomic E-state index is 0.00615. The number of amidine groups is 1. The third-order valence-electron chi connectivity index (χ3n) is 7.04. The number of nitrogens with one attached hydrogen (secondary N) is 1. The number of amides is 2. The van der Waals surface area contributed by atoms with Crippen molar-refractivity contribution in [2.75, 3.05) is 30.5 Å². The number of anilines is 2. The molecule has 2 aromatic carbocycles. The van der Waals surface area contributed by atoms with Crippen molar-refractivity contribution < 1.29 is 28.2 Å². The third kappa shape index (κ3) is 8.40. The zero-order valence-corrected chi connectivity index (χ0v) is 25.5. The molecule has 0 spiro atoms. The first-order valence-corrected chi connectivity index (χ1v) is 14.5. The zero-order valence-electron chi connectivity index (χ0n) is 25.5. The molecule has 0 fully saturated rings. The van der Waals surface area contributed by atoms with Crippen LogP contribution in [0.5, 0.6) is 0 Å². The summed E-state index contributed by atoms with van der Waals surface area (Å²) in [7, 11) is 3.14. The molecule has 0 aliphatic heterocycles. The fraction of sp³-hybridized carbons (Fsp3) is 0.312. The smallest absolute Gasteiger partial charge is 0.435 e. The molecule has 4 aromatic rings. The molecule has 0 unspecified atom stereocenters. The number of nitrogens with zero attached hydrogens (tertiary/aromatic N) is 5. The van der Waals surface area contributed by atoms with Crippen LogP contribution in [0.2, 0.25) is 0 Å². The Labute approximate surface area is 260 Å². The molecule has 0 saturated carbocycles. The van der Waals surface area contributed by atoms with Crippen LogP contribution in [0, 0.1) is 5.82 Å². The van der Waals surface area contributed by atoms with Crippen molar-refractivity contribution >= 4 is 46.3 Å². The summed E-state index contributed by atoms with van der Waals surface area (Å²) < 4.78 is 26.2. The van der Waals surface area contributed by atoms with E-state index in [9.17, 15) is 18.8 Å². The summed E-state index contributed by atoms with van der Waals surface area (Å²) in [5, 5.41) is 3.19. The highest BCUT2D eigenvalue weighted by Crippen LogP contribution is 2.22. The number of aromatic nitrogens is 3. The van der Waals surface area contributed by atoms with Crippen LogP contribution < -0.4 is 16.0 Å². The van der Waals surface area contributed by atoms with Crippen LogP contribution >= 0.6 is 0 Å². The molecule has 236 valence electrons. The molecule has 45 heavy (non-hydrogen) atoms. The fourth-order valence-corrected chi connectivity index (χ4v) is 4.55. The number of imidazole rings is 1. The van der Waals surface area contributed by atoms with E-state index < -0.39 is 17.9 Å². The van der Waals surface area contributed by atoms with E-state index in [1.807, 2.05) is 18.5 Å². The maximum atomic E-state index is 14.5. The van der Waals surface area contributed by atoms with Crippen LogP contribution in [0.1, 0.15) is 54.4 Å². The van der Waals surface area contributed by atoms with Crippen LogP contribution in [-0.2, 0) is 27.9 Å². The van der Waals surface area contributed by atoms with Crippen LogP contribution in [0.3, 0.4) is 0 Å². The number of aryl methyl sites for hydroxylation is 1. The Balaban J connectivity index is 1.49. The lowest BCUT2D eigenvalue weighted by molar-refractivity contribution is -0.140. The first-order chi connectivity index (χ1) is 21.7. The van der Waals surface area contributed by atoms with Gasteiger partial charge in [0.1, 0.15) is 23.3 Å². The highest BCUT2D eigenvalue weighted by atomic mass is 19.1. The molecule has 0 atom stereocenters. The predicted molar refractivity (Wildman–Crippen MR) is 169 cm³/mol. The van der Waals surface area contributed by atoms with Crippen molar-refractivity contribution in [3.8, 4) is 0 Å². The SMILES string of the molecule is CCCCCOC(=O)/N=C(\N)c1cc(NCc2nc3cc(C(=O)N(CCC(=O)OC)c4ccccn4)ccc3n2C)ccc1F. The molecule has 0 aliphatic rings. The van der Waals surface area contributed by atoms with Crippen LogP contribution in [0.15, 0.2) is 65.8 Å². The highest BCUT2D eigenvalue weighted by Gasteiger charge is 2.21. The summed E-state index contributed by atoms with van der Waals surface area (Å²) in [5.41, 5.74) is 8.16. The van der Waals surface area contributed by atoms with Gasteiger partial charge in [0.25, 0.3) is 5.91 Å². The molecule has 2 heterocycles. The van der Waals surface area contributed by atoms with Crippen molar-refractivity contribution in [3.63, 3.8) is 0 Å². The number of halogens is 1. The number of methoxy groups -OCH3 is 1. The van der Waals surface area contributed by atoms with E-state index in [0.29, 0.717) is 34.8 Å². The summed E-state index contributed by atoms with van der Waals surface area (Å²) in [4.78, 5) is 51.4. The predicted octanol–water partition coefficient (Wildman–Crippen LogP) is 4.96. The van der Waals surface area contributed by atoms with Gasteiger partial charge in [0.15, 0.2) is 0 Å². The minimum atomic E-state index is -0.870. The van der Waals surface area contributed by atoms with Crippen LogP contribution in [-0.4, -0.2) is 58.6 Å². The van der Waals surface area contributed by atoms with Gasteiger partial charge in [0, 0.05) is 31.0 Å². The van der Waals surface area contributed by atoms with Crippen molar-refractivity contribution in [2.45, 2.75) is 39.2 Å². The number of nitrogens with two attached hydrogens (primary N) is 1. The molecule has 0 bridgehead atoms. The van der Waals surface area contributed by atoms with E-state index in [1.54, 1.807) is 42.6 Å². The number of carbonyl (C=O) groups is 3. The number of carbonyl (C=O) groups excluding carboxylic acids is 3. The van der Waals surface area contributed by atoms with Gasteiger partial charge in [-0.2, -0.15) is 4.99 Å². The van der Waals surface area contributed by atoms with Gasteiger partial charge in [-0.15, -0.1) is 0 Å². The number of esters is 1. The second kappa shape index (κ2) is 15.4. The Morgan fingerprint density at radius 2 is 1.93 bits per heavy atom. The number of aliphatic imine (C=N–C) groups is 1. The van der Waals surface area contributed by atoms with Crippen LogP contribution in [0.25, 0.3) is 11.0 Å². The fourth-order valence-electron chi connectivity index (χ4n) is 4.55. The van der Waals surface area contributed by atoms with Gasteiger partial charge in [0.05, 0.1) is 43.3 Å². The number of hydrogen-bond donors (Lipinski definition) is 2. The summed E-state index contributed by atoms with van der Waals surface area (Å²) in [6.45, 7) is 2.61. The molecule has 12 nitrogen and oxygen atoms in total. The van der Waals surface area contributed by atoms with E-state index in [2.05, 4.69) is 15.3 Å². The average Bonchev–Trinajstić information content (AvgIpc) is 3.37. The quantitative estimate of drug-likeness (QED) is 0.0917. The Morgan fingerprint density at radius 1 is 1.11 bits per heavy atom. The molecule has 2 aromatic heterocycles. The largest absolute Gasteiger partial charge is 0.469 e. The monoisotopic (exact) mass is 617 g/mol. The molecular weight excluding hydrogens is 581 g/mol. The third-order valence-corrected chi connectivity index (χ3v) is 7.04. The van der Waals surface area contributed by atoms with E-state index in [-0.39, 0.29) is 43.4 Å². The lowest BCUT2D eigenvalue weighted by Crippen LogP contribution is -2.33. The lowest BCUT2D eigenvalue weighted by Gasteiger charge is -2.21. The number of unbranched alkanes of at least 4 members (excludes halogenated alkanes) is 2. The molecule has 0 saturated heterocycles. The Kier molecular flexibility index (Phi) is 11.2. The second-order valence-electron chi connectivity index (χ2n) is 10.1. The number of fused-ring (bicyclic) bond motifs is 1. The van der Waals surface area contributed by atoms with Gasteiger partial charge < -0.3 is 25.1 Å². The summed E-state index contributed by atoms with van der Waals surface area (Å²) in [6.07, 6.45) is 3.32. The van der Waals surface area contributed by atoms with E-state index in [0.717, 1.165) is 18.4 Å². The second-order valence-corrected chi connectivity index (χ2v) is 10.1. The Morgan fingerprint density at radius 3 is 2.67 bits per heavy atom. The van der Waals surface area contributed by atoms with Crippen molar-refractivity contribution in [1.82, 2.24) is 14.5 Å². The van der Waals surface area contributed by atoms with Gasteiger partial charge in [-0.1, -0.05) is 25.8 Å². The van der Waals surface area contributed by atoms with Gasteiger partial charge in [-0.25, -0.2) is 19.2 Å². The number of ether oxygens (including phenoxy) is 2. The molecule has 4 rings (SSSR count). The molecular formula is C32H36FN7O5. The van der Waals surface area contributed by atoms with Gasteiger partial charge in [0.2, 0.25) is 0 Å². The number of hydrogen-bond acceptors (Lipinski definition) is 8. The first kappa shape index (κ1) is 32.6. The van der Waals surface area contributed by atoms with Gasteiger partial charge in [-0.05, 0) is 55.0 Å². The number of pyridine rings is 1. The van der Waals surface area contributed by atoms with Crippen LogP contribution in [0.4, 0.5) is 20.7 Å². The number of rotatable bonds is 13. The molecule has 13 heteroatoms. The van der Waals surface area contributed by atoms with Crippen molar-refractivity contribution in [2.24, 2.45) is 17.8 Å². The summed E-state index contributed by atoms with van der Waals surface area (Å²) in [6, 6.07) is 14.6. The normalized spacial score (nSPS) is 11.3. The van der Waals surface area contributed by atoms with Gasteiger partial charge >= 0.3 is 12.1 Å². The molecule has 0 radical (unpaired) electrons. The van der Waals surface area contributed by atoms with Crippen molar-refractivity contribution in [3.05, 3.63) is 83.6 Å². The topological polar surface area (TPSA) is 154 Å². The van der Waals surface area contributed by atoms with Gasteiger partial charge in [-0.3, -0.25) is 14.5 Å². The lowest BCUT2D eigenvalue weighted by atomic mass is 10.1. The Bertz CT molecular complexity index is 1690. The Hall–Kier alpha value is -5.33. The molecule has 3 N–H and O–H groups in total. The molecule has 0 aliphatic carbocycles. The maximum absolute atomic E-state index is 14.5. The summed E-state index contributed by atoms with van der Waals surface area (Å²) >= 11 is 0. The maximum Gasteiger partial charge on any atom is 0.435 e. The minimum Gasteiger partial charge on any atom is -0.469 e. The van der Waals surface area contributed by atoms with E-state index in [1.165, 1.54) is 30.2 Å². The molecule has 2 amide bonds. The zero-order chi connectivity index (χ0) is 32.3. The summed E-state index contributed by atoms with van der Waals surface area (Å²) in [5.74, 6) is -0.650. The standard InChI is InChI=1S/C32H36FN7O5/c1-4-5-8-17-45-32(43)38-30(34)23-19-22(11-12-24(23)33)36-20-28-37-25-18-21(10-13-26(25)39(28)2)31(42)40(16-14-29(41)44-3)27-9-6-7-15-35-27/h6-7,9-13,15,18-19,36H,4-5,8,14,16-17,20H2,1-3H3,(H2,34,38,43). The average molecular weight is 618 g/mol. The van der Waals surface area contributed by atoms with E-state index >= 15 is 0 Å². The van der Waals surface area contributed by atoms with E-state index in [4.69, 9.17) is 20.2 Å². The first-order valence-electron chi connectivity index (χ1n) is 14.5.